The summed E-state index contributed by atoms with van der Waals surface area (Å²) in [6.07, 6.45) is 4.85. The van der Waals surface area contributed by atoms with Crippen molar-refractivity contribution in [3.63, 3.8) is 0 Å². The van der Waals surface area contributed by atoms with E-state index >= 15 is 0 Å². The van der Waals surface area contributed by atoms with Gasteiger partial charge in [-0.2, -0.15) is 15.0 Å². The number of ether oxygens (including phenoxy) is 1. The Morgan fingerprint density at radius 1 is 1.31 bits per heavy atom. The Kier molecular flexibility index (Phi) is 3.38. The molecule has 0 aliphatic heterocycles. The van der Waals surface area contributed by atoms with E-state index in [0.717, 1.165) is 12.8 Å². The average Bonchev–Trinajstić information content (AvgIpc) is 2.70. The van der Waals surface area contributed by atoms with Gasteiger partial charge in [0.2, 0.25) is 11.9 Å². The number of aromatic nitrogens is 3. The predicted octanol–water partition coefficient (Wildman–Crippen LogP) is 1.21. The number of nitrogens with two attached hydrogens (primary N) is 1. The highest BCUT2D eigenvalue weighted by molar-refractivity contribution is 5.33. The Labute approximate surface area is 94.6 Å². The zero-order valence-corrected chi connectivity index (χ0v) is 9.44. The molecule has 3 N–H and O–H groups in total. The van der Waals surface area contributed by atoms with Gasteiger partial charge < -0.3 is 15.8 Å². The second-order valence-electron chi connectivity index (χ2n) is 3.86. The van der Waals surface area contributed by atoms with Crippen LogP contribution in [0.1, 0.15) is 32.6 Å². The van der Waals surface area contributed by atoms with Gasteiger partial charge in [-0.3, -0.25) is 0 Å². The van der Waals surface area contributed by atoms with E-state index in [1.165, 1.54) is 12.8 Å². The monoisotopic (exact) mass is 223 g/mol. The lowest BCUT2D eigenvalue weighted by Gasteiger charge is -2.12. The molecular formula is C10H17N5O. The number of anilines is 2. The zero-order chi connectivity index (χ0) is 11.4. The standard InChI is InChI=1S/C10H17N5O/c1-2-16-10-14-8(11)13-9(15-10)12-7-5-3-4-6-7/h7H,2-6H2,1H3,(H3,11,12,13,14,15). The van der Waals surface area contributed by atoms with Crippen LogP contribution in [-0.2, 0) is 0 Å². The molecule has 88 valence electrons. The van der Waals surface area contributed by atoms with Gasteiger partial charge in [-0.15, -0.1) is 0 Å². The fourth-order valence-corrected chi connectivity index (χ4v) is 1.88. The summed E-state index contributed by atoms with van der Waals surface area (Å²) in [5, 5.41) is 3.26. The van der Waals surface area contributed by atoms with Crippen molar-refractivity contribution in [3.05, 3.63) is 0 Å². The molecule has 1 aliphatic rings. The van der Waals surface area contributed by atoms with Gasteiger partial charge in [-0.1, -0.05) is 12.8 Å². The third-order valence-electron chi connectivity index (χ3n) is 2.59. The third-order valence-corrected chi connectivity index (χ3v) is 2.59. The molecule has 6 nitrogen and oxygen atoms in total. The van der Waals surface area contributed by atoms with Crippen molar-refractivity contribution in [3.8, 4) is 6.01 Å². The maximum atomic E-state index is 5.58. The van der Waals surface area contributed by atoms with E-state index in [9.17, 15) is 0 Å². The summed E-state index contributed by atoms with van der Waals surface area (Å²) in [6, 6.07) is 0.742. The minimum atomic E-state index is 0.193. The van der Waals surface area contributed by atoms with Crippen LogP contribution in [0, 0.1) is 0 Å². The minimum Gasteiger partial charge on any atom is -0.464 e. The molecule has 1 heterocycles. The SMILES string of the molecule is CCOc1nc(N)nc(NC2CCCC2)n1. The summed E-state index contributed by atoms with van der Waals surface area (Å²) < 4.78 is 5.21. The second kappa shape index (κ2) is 4.96. The highest BCUT2D eigenvalue weighted by Crippen LogP contribution is 2.21. The molecule has 1 aromatic rings. The van der Waals surface area contributed by atoms with E-state index in [4.69, 9.17) is 10.5 Å². The van der Waals surface area contributed by atoms with Crippen molar-refractivity contribution in [1.29, 1.82) is 0 Å². The van der Waals surface area contributed by atoms with E-state index in [2.05, 4.69) is 20.3 Å². The summed E-state index contributed by atoms with van der Waals surface area (Å²) >= 11 is 0. The quantitative estimate of drug-likeness (QED) is 0.797. The van der Waals surface area contributed by atoms with Gasteiger partial charge in [0.25, 0.3) is 0 Å². The number of hydrogen-bond donors (Lipinski definition) is 2. The van der Waals surface area contributed by atoms with Crippen LogP contribution in [0.2, 0.25) is 0 Å². The van der Waals surface area contributed by atoms with Gasteiger partial charge in [-0.05, 0) is 19.8 Å². The Bertz CT molecular complexity index is 351. The molecule has 1 aliphatic carbocycles. The smallest absolute Gasteiger partial charge is 0.323 e. The largest absolute Gasteiger partial charge is 0.464 e. The Morgan fingerprint density at radius 3 is 2.75 bits per heavy atom. The minimum absolute atomic E-state index is 0.193. The molecular weight excluding hydrogens is 206 g/mol. The van der Waals surface area contributed by atoms with Gasteiger partial charge in [0, 0.05) is 6.04 Å². The van der Waals surface area contributed by atoms with Crippen molar-refractivity contribution in [2.45, 2.75) is 38.6 Å². The van der Waals surface area contributed by atoms with E-state index in [0.29, 0.717) is 18.6 Å². The number of rotatable bonds is 4. The van der Waals surface area contributed by atoms with Crippen LogP contribution in [0.5, 0.6) is 6.01 Å². The summed E-state index contributed by atoms with van der Waals surface area (Å²) in [6.45, 7) is 2.40. The number of nitrogen functional groups attached to an aromatic ring is 1. The molecule has 0 aromatic carbocycles. The van der Waals surface area contributed by atoms with Crippen molar-refractivity contribution >= 4 is 11.9 Å². The maximum Gasteiger partial charge on any atom is 0.323 e. The first-order valence-corrected chi connectivity index (χ1v) is 5.69. The Morgan fingerprint density at radius 2 is 2.06 bits per heavy atom. The van der Waals surface area contributed by atoms with Crippen LogP contribution < -0.4 is 15.8 Å². The summed E-state index contributed by atoms with van der Waals surface area (Å²) in [5.74, 6) is 0.710. The molecule has 0 atom stereocenters. The molecule has 0 amide bonds. The van der Waals surface area contributed by atoms with Gasteiger partial charge in [0.05, 0.1) is 6.61 Å². The first-order valence-electron chi connectivity index (χ1n) is 5.69. The highest BCUT2D eigenvalue weighted by Gasteiger charge is 2.16. The predicted molar refractivity (Wildman–Crippen MR) is 61.3 cm³/mol. The highest BCUT2D eigenvalue weighted by atomic mass is 16.5. The summed E-state index contributed by atoms with van der Waals surface area (Å²) in [5.41, 5.74) is 5.58. The van der Waals surface area contributed by atoms with Gasteiger partial charge >= 0.3 is 6.01 Å². The molecule has 1 fully saturated rings. The van der Waals surface area contributed by atoms with Gasteiger partial charge in [-0.25, -0.2) is 0 Å². The molecule has 0 spiro atoms. The third kappa shape index (κ3) is 2.71. The average molecular weight is 223 g/mol. The van der Waals surface area contributed by atoms with E-state index in [1.54, 1.807) is 0 Å². The van der Waals surface area contributed by atoms with E-state index in [-0.39, 0.29) is 12.0 Å². The van der Waals surface area contributed by atoms with Crippen molar-refractivity contribution in [2.24, 2.45) is 0 Å². The van der Waals surface area contributed by atoms with E-state index in [1.807, 2.05) is 6.92 Å². The van der Waals surface area contributed by atoms with Crippen LogP contribution in [0.25, 0.3) is 0 Å². The van der Waals surface area contributed by atoms with Crippen LogP contribution in [0.4, 0.5) is 11.9 Å². The molecule has 0 saturated heterocycles. The lowest BCUT2D eigenvalue weighted by Crippen LogP contribution is -2.18. The fraction of sp³-hybridized carbons (Fsp3) is 0.700. The molecule has 0 radical (unpaired) electrons. The first-order chi connectivity index (χ1) is 7.78. The topological polar surface area (TPSA) is 86.0 Å². The maximum absolute atomic E-state index is 5.58. The van der Waals surface area contributed by atoms with Gasteiger partial charge in [0.15, 0.2) is 0 Å². The summed E-state index contributed by atoms with van der Waals surface area (Å²) in [7, 11) is 0. The van der Waals surface area contributed by atoms with Crippen LogP contribution in [0.15, 0.2) is 0 Å². The van der Waals surface area contributed by atoms with Crippen LogP contribution >= 0.6 is 0 Å². The second-order valence-corrected chi connectivity index (χ2v) is 3.86. The zero-order valence-electron chi connectivity index (χ0n) is 9.44. The number of nitrogens with zero attached hydrogens (tertiary/aromatic N) is 3. The molecule has 1 saturated carbocycles. The van der Waals surface area contributed by atoms with Crippen molar-refractivity contribution in [1.82, 2.24) is 15.0 Å². The van der Waals surface area contributed by atoms with Crippen LogP contribution in [0.3, 0.4) is 0 Å². The molecule has 1 aromatic heterocycles. The van der Waals surface area contributed by atoms with Crippen molar-refractivity contribution in [2.75, 3.05) is 17.7 Å². The Hall–Kier alpha value is -1.59. The molecule has 2 rings (SSSR count). The lowest BCUT2D eigenvalue weighted by atomic mass is 10.3. The van der Waals surface area contributed by atoms with Crippen molar-refractivity contribution < 1.29 is 4.74 Å². The van der Waals surface area contributed by atoms with Gasteiger partial charge in [0.1, 0.15) is 0 Å². The van der Waals surface area contributed by atoms with E-state index < -0.39 is 0 Å². The molecule has 0 bridgehead atoms. The number of nitrogens with one attached hydrogen (secondary N) is 1. The number of hydrogen-bond acceptors (Lipinski definition) is 6. The fourth-order valence-electron chi connectivity index (χ4n) is 1.88. The molecule has 16 heavy (non-hydrogen) atoms. The normalized spacial score (nSPS) is 16.3. The lowest BCUT2D eigenvalue weighted by molar-refractivity contribution is 0.312. The Balaban J connectivity index is 2.06. The summed E-state index contributed by atoms with van der Waals surface area (Å²) in [4.78, 5) is 12.1. The first kappa shape index (κ1) is 10.9. The molecule has 0 unspecified atom stereocenters. The van der Waals surface area contributed by atoms with Crippen LogP contribution in [-0.4, -0.2) is 27.6 Å². The molecule has 6 heteroatoms.